The van der Waals surface area contributed by atoms with Crippen LogP contribution in [0.2, 0.25) is 5.02 Å². The van der Waals surface area contributed by atoms with Gasteiger partial charge in [0.15, 0.2) is 6.61 Å². The molecule has 0 saturated carbocycles. The third-order valence-corrected chi connectivity index (χ3v) is 2.56. The lowest BCUT2D eigenvalue weighted by atomic mass is 10.3. The molecule has 1 aromatic heterocycles. The van der Waals surface area contributed by atoms with Gasteiger partial charge in [-0.15, -0.1) is 0 Å². The highest BCUT2D eigenvalue weighted by Crippen LogP contribution is 2.24. The van der Waals surface area contributed by atoms with Crippen LogP contribution in [-0.4, -0.2) is 23.7 Å². The van der Waals surface area contributed by atoms with Gasteiger partial charge in [0, 0.05) is 6.20 Å². The van der Waals surface area contributed by atoms with Crippen molar-refractivity contribution in [3.8, 4) is 5.75 Å². The summed E-state index contributed by atoms with van der Waals surface area (Å²) in [5.74, 6) is -0.688. The van der Waals surface area contributed by atoms with Crippen molar-refractivity contribution >= 4 is 23.7 Å². The Balaban J connectivity index is 1.80. The highest BCUT2D eigenvalue weighted by molar-refractivity contribution is 6.32. The highest BCUT2D eigenvalue weighted by atomic mass is 35.5. The molecule has 0 saturated heterocycles. The molecule has 20 heavy (non-hydrogen) atoms. The van der Waals surface area contributed by atoms with E-state index in [4.69, 9.17) is 16.3 Å². The standard InChI is InChI=1S/C13H11ClFN3O2/c14-11-6-9(15)3-4-12(11)20-8-13(19)18-17-7-10-2-1-5-16-10/h1-7,16H,8H2,(H,18,19). The van der Waals surface area contributed by atoms with Crippen molar-refractivity contribution in [3.05, 3.63) is 53.1 Å². The van der Waals surface area contributed by atoms with Crippen molar-refractivity contribution in [1.29, 1.82) is 0 Å². The second-order valence-corrected chi connectivity index (χ2v) is 4.19. The first-order valence-corrected chi connectivity index (χ1v) is 6.06. The highest BCUT2D eigenvalue weighted by Gasteiger charge is 2.06. The number of H-pyrrole nitrogens is 1. The lowest BCUT2D eigenvalue weighted by molar-refractivity contribution is -0.123. The van der Waals surface area contributed by atoms with E-state index in [1.54, 1.807) is 12.3 Å². The molecular formula is C13H11ClFN3O2. The first-order chi connectivity index (χ1) is 9.65. The maximum absolute atomic E-state index is 12.8. The molecule has 1 heterocycles. The van der Waals surface area contributed by atoms with Gasteiger partial charge >= 0.3 is 0 Å². The lowest BCUT2D eigenvalue weighted by Gasteiger charge is -2.06. The van der Waals surface area contributed by atoms with Crippen molar-refractivity contribution in [1.82, 2.24) is 10.4 Å². The number of nitrogens with one attached hydrogen (secondary N) is 2. The van der Waals surface area contributed by atoms with Crippen LogP contribution in [0.5, 0.6) is 5.75 Å². The lowest BCUT2D eigenvalue weighted by Crippen LogP contribution is -2.24. The van der Waals surface area contributed by atoms with E-state index in [1.807, 2.05) is 6.07 Å². The van der Waals surface area contributed by atoms with E-state index >= 15 is 0 Å². The van der Waals surface area contributed by atoms with Gasteiger partial charge in [-0.1, -0.05) is 11.6 Å². The summed E-state index contributed by atoms with van der Waals surface area (Å²) in [7, 11) is 0. The minimum absolute atomic E-state index is 0.104. The van der Waals surface area contributed by atoms with E-state index in [0.29, 0.717) is 0 Å². The monoisotopic (exact) mass is 295 g/mol. The van der Waals surface area contributed by atoms with Crippen molar-refractivity contribution in [2.75, 3.05) is 6.61 Å². The van der Waals surface area contributed by atoms with Crippen LogP contribution < -0.4 is 10.2 Å². The Bertz CT molecular complexity index is 614. The molecule has 0 atom stereocenters. The number of carbonyl (C=O) groups is 1. The maximum atomic E-state index is 12.8. The number of aromatic amines is 1. The molecule has 0 aliphatic carbocycles. The second kappa shape index (κ2) is 6.72. The molecule has 5 nitrogen and oxygen atoms in total. The van der Waals surface area contributed by atoms with E-state index in [9.17, 15) is 9.18 Å². The van der Waals surface area contributed by atoms with Gasteiger partial charge in [0.25, 0.3) is 5.91 Å². The number of amides is 1. The Morgan fingerprint density at radius 2 is 2.35 bits per heavy atom. The van der Waals surface area contributed by atoms with Crippen LogP contribution in [0, 0.1) is 5.82 Å². The van der Waals surface area contributed by atoms with Crippen molar-refractivity contribution in [3.63, 3.8) is 0 Å². The molecular weight excluding hydrogens is 285 g/mol. The number of halogens is 2. The first kappa shape index (κ1) is 14.1. The largest absolute Gasteiger partial charge is 0.482 e. The zero-order valence-corrected chi connectivity index (χ0v) is 11.0. The van der Waals surface area contributed by atoms with Gasteiger partial charge in [-0.2, -0.15) is 5.10 Å². The van der Waals surface area contributed by atoms with Crippen LogP contribution in [0.15, 0.2) is 41.6 Å². The topological polar surface area (TPSA) is 66.5 Å². The SMILES string of the molecule is O=C(COc1ccc(F)cc1Cl)NN=Cc1ccc[nH]1. The van der Waals surface area contributed by atoms with Crippen molar-refractivity contribution < 1.29 is 13.9 Å². The fourth-order valence-electron chi connectivity index (χ4n) is 1.37. The minimum Gasteiger partial charge on any atom is -0.482 e. The summed E-state index contributed by atoms with van der Waals surface area (Å²) in [6.07, 6.45) is 3.20. The number of nitrogens with zero attached hydrogens (tertiary/aromatic N) is 1. The Morgan fingerprint density at radius 1 is 1.50 bits per heavy atom. The van der Waals surface area contributed by atoms with Gasteiger partial charge in [0.1, 0.15) is 11.6 Å². The van der Waals surface area contributed by atoms with E-state index in [1.165, 1.54) is 18.3 Å². The Morgan fingerprint density at radius 3 is 3.05 bits per heavy atom. The molecule has 0 fully saturated rings. The summed E-state index contributed by atoms with van der Waals surface area (Å²) < 4.78 is 18.0. The molecule has 1 amide bonds. The number of hydrogen-bond donors (Lipinski definition) is 2. The summed E-state index contributed by atoms with van der Waals surface area (Å²) in [5, 5.41) is 3.84. The number of benzene rings is 1. The van der Waals surface area contributed by atoms with Crippen LogP contribution in [-0.2, 0) is 4.79 Å². The van der Waals surface area contributed by atoms with Gasteiger partial charge < -0.3 is 9.72 Å². The van der Waals surface area contributed by atoms with Gasteiger partial charge in [-0.05, 0) is 30.3 Å². The number of hydrazone groups is 1. The fourth-order valence-corrected chi connectivity index (χ4v) is 1.59. The van der Waals surface area contributed by atoms with Gasteiger partial charge in [-0.3, -0.25) is 4.79 Å². The van der Waals surface area contributed by atoms with E-state index in [-0.39, 0.29) is 17.4 Å². The predicted molar refractivity (Wildman–Crippen MR) is 73.4 cm³/mol. The molecule has 0 aliphatic rings. The maximum Gasteiger partial charge on any atom is 0.277 e. The first-order valence-electron chi connectivity index (χ1n) is 5.68. The molecule has 2 N–H and O–H groups in total. The zero-order valence-electron chi connectivity index (χ0n) is 10.3. The average Bonchev–Trinajstić information content (AvgIpc) is 2.91. The second-order valence-electron chi connectivity index (χ2n) is 3.78. The van der Waals surface area contributed by atoms with Crippen molar-refractivity contribution in [2.45, 2.75) is 0 Å². The molecule has 1 aromatic carbocycles. The number of rotatable bonds is 5. The van der Waals surface area contributed by atoms with E-state index in [2.05, 4.69) is 15.5 Å². The van der Waals surface area contributed by atoms with Crippen LogP contribution in [0.3, 0.4) is 0 Å². The molecule has 7 heteroatoms. The predicted octanol–water partition coefficient (Wildman–Crippen LogP) is 2.34. The molecule has 0 radical (unpaired) electrons. The fraction of sp³-hybridized carbons (Fsp3) is 0.0769. The third-order valence-electron chi connectivity index (χ3n) is 2.27. The average molecular weight is 296 g/mol. The normalized spacial score (nSPS) is 10.7. The van der Waals surface area contributed by atoms with Crippen molar-refractivity contribution in [2.24, 2.45) is 5.10 Å². The van der Waals surface area contributed by atoms with E-state index in [0.717, 1.165) is 11.8 Å². The van der Waals surface area contributed by atoms with Gasteiger partial charge in [-0.25, -0.2) is 9.82 Å². The third kappa shape index (κ3) is 4.10. The number of carbonyl (C=O) groups excluding carboxylic acids is 1. The smallest absolute Gasteiger partial charge is 0.277 e. The van der Waals surface area contributed by atoms with Crippen LogP contribution >= 0.6 is 11.6 Å². The van der Waals surface area contributed by atoms with Gasteiger partial charge in [0.2, 0.25) is 0 Å². The summed E-state index contributed by atoms with van der Waals surface area (Å²) >= 11 is 5.75. The molecule has 0 bridgehead atoms. The zero-order chi connectivity index (χ0) is 14.4. The molecule has 0 unspecified atom stereocenters. The summed E-state index contributed by atoms with van der Waals surface area (Å²) in [6.45, 7) is -0.270. The molecule has 104 valence electrons. The summed E-state index contributed by atoms with van der Waals surface area (Å²) in [5.41, 5.74) is 3.05. The number of aromatic nitrogens is 1. The molecule has 0 aliphatic heterocycles. The Hall–Kier alpha value is -2.34. The summed E-state index contributed by atoms with van der Waals surface area (Å²) in [4.78, 5) is 14.3. The molecule has 0 spiro atoms. The van der Waals surface area contributed by atoms with Crippen LogP contribution in [0.1, 0.15) is 5.69 Å². The Labute approximate surface area is 119 Å². The number of ether oxygens (including phenoxy) is 1. The number of hydrogen-bond acceptors (Lipinski definition) is 3. The minimum atomic E-state index is -0.470. The summed E-state index contributed by atoms with van der Waals surface area (Å²) in [6, 6.07) is 7.26. The van der Waals surface area contributed by atoms with Gasteiger partial charge in [0.05, 0.1) is 16.9 Å². The quantitative estimate of drug-likeness (QED) is 0.657. The Kier molecular flexibility index (Phi) is 4.73. The molecule has 2 aromatic rings. The van der Waals surface area contributed by atoms with E-state index < -0.39 is 11.7 Å². The van der Waals surface area contributed by atoms with Crippen LogP contribution in [0.25, 0.3) is 0 Å². The molecule has 2 rings (SSSR count). The van der Waals surface area contributed by atoms with Crippen LogP contribution in [0.4, 0.5) is 4.39 Å².